The second kappa shape index (κ2) is 5.54. The molecule has 0 spiro atoms. The fraction of sp³-hybridized carbons (Fsp3) is 0.385. The summed E-state index contributed by atoms with van der Waals surface area (Å²) in [6.45, 7) is 1.08. The van der Waals surface area contributed by atoms with Crippen molar-refractivity contribution in [2.75, 3.05) is 18.0 Å². The van der Waals surface area contributed by atoms with Crippen LogP contribution in [0.5, 0.6) is 0 Å². The van der Waals surface area contributed by atoms with Gasteiger partial charge in [0.2, 0.25) is 0 Å². The molecule has 0 aromatic heterocycles. The van der Waals surface area contributed by atoms with Gasteiger partial charge < -0.3 is 10.6 Å². The SMILES string of the molecule is NCc1ccc(N2CC=C(C(F)(F)F)CC2)c(Br)c1. The molecule has 0 saturated carbocycles. The Morgan fingerprint density at radius 3 is 2.53 bits per heavy atom. The number of hydrogen-bond acceptors (Lipinski definition) is 2. The minimum absolute atomic E-state index is 0.0224. The van der Waals surface area contributed by atoms with Crippen molar-refractivity contribution in [3.8, 4) is 0 Å². The van der Waals surface area contributed by atoms with E-state index in [1.165, 1.54) is 6.08 Å². The van der Waals surface area contributed by atoms with Gasteiger partial charge in [-0.15, -0.1) is 0 Å². The molecule has 1 aromatic carbocycles. The number of rotatable bonds is 2. The smallest absolute Gasteiger partial charge is 0.367 e. The van der Waals surface area contributed by atoms with Gasteiger partial charge in [-0.2, -0.15) is 13.2 Å². The van der Waals surface area contributed by atoms with Gasteiger partial charge in [0.1, 0.15) is 0 Å². The van der Waals surface area contributed by atoms with Gasteiger partial charge in [0, 0.05) is 29.7 Å². The molecule has 0 radical (unpaired) electrons. The van der Waals surface area contributed by atoms with Crippen molar-refractivity contribution in [3.05, 3.63) is 39.9 Å². The largest absolute Gasteiger partial charge is 0.412 e. The Morgan fingerprint density at radius 1 is 1.32 bits per heavy atom. The van der Waals surface area contributed by atoms with Gasteiger partial charge in [0.05, 0.1) is 5.69 Å². The molecule has 0 amide bonds. The maximum Gasteiger partial charge on any atom is 0.412 e. The van der Waals surface area contributed by atoms with Crippen molar-refractivity contribution >= 4 is 21.6 Å². The van der Waals surface area contributed by atoms with Crippen molar-refractivity contribution in [3.63, 3.8) is 0 Å². The number of nitrogens with two attached hydrogens (primary N) is 1. The molecule has 1 aromatic rings. The predicted molar refractivity (Wildman–Crippen MR) is 73.0 cm³/mol. The molecule has 6 heteroatoms. The lowest BCUT2D eigenvalue weighted by Gasteiger charge is -2.30. The maximum absolute atomic E-state index is 12.5. The lowest BCUT2D eigenvalue weighted by molar-refractivity contribution is -0.0943. The first-order chi connectivity index (χ1) is 8.91. The van der Waals surface area contributed by atoms with E-state index in [-0.39, 0.29) is 13.0 Å². The van der Waals surface area contributed by atoms with Gasteiger partial charge in [0.25, 0.3) is 0 Å². The summed E-state index contributed by atoms with van der Waals surface area (Å²) in [6, 6.07) is 5.68. The first-order valence-corrected chi connectivity index (χ1v) is 6.71. The van der Waals surface area contributed by atoms with Crippen molar-refractivity contribution in [2.24, 2.45) is 5.73 Å². The summed E-state index contributed by atoms with van der Waals surface area (Å²) in [7, 11) is 0. The van der Waals surface area contributed by atoms with E-state index in [0.29, 0.717) is 13.1 Å². The van der Waals surface area contributed by atoms with Crippen LogP contribution in [0.25, 0.3) is 0 Å². The molecule has 19 heavy (non-hydrogen) atoms. The van der Waals surface area contributed by atoms with Crippen LogP contribution in [-0.2, 0) is 6.54 Å². The third kappa shape index (κ3) is 3.30. The van der Waals surface area contributed by atoms with Crippen LogP contribution in [0, 0.1) is 0 Å². The van der Waals surface area contributed by atoms with E-state index in [0.717, 1.165) is 15.7 Å². The van der Waals surface area contributed by atoms with E-state index >= 15 is 0 Å². The lowest BCUT2D eigenvalue weighted by Crippen LogP contribution is -2.32. The molecule has 0 aliphatic carbocycles. The Labute approximate surface area is 118 Å². The average Bonchev–Trinajstić information content (AvgIpc) is 2.37. The summed E-state index contributed by atoms with van der Waals surface area (Å²) in [4.78, 5) is 1.92. The molecule has 0 saturated heterocycles. The summed E-state index contributed by atoms with van der Waals surface area (Å²) in [6.07, 6.45) is -2.92. The van der Waals surface area contributed by atoms with Crippen molar-refractivity contribution in [1.82, 2.24) is 0 Å². The minimum Gasteiger partial charge on any atom is -0.367 e. The number of anilines is 1. The van der Waals surface area contributed by atoms with Crippen molar-refractivity contribution < 1.29 is 13.2 Å². The summed E-state index contributed by atoms with van der Waals surface area (Å²) < 4.78 is 38.5. The Morgan fingerprint density at radius 2 is 2.05 bits per heavy atom. The number of hydrogen-bond donors (Lipinski definition) is 1. The quantitative estimate of drug-likeness (QED) is 0.837. The molecule has 0 bridgehead atoms. The van der Waals surface area contributed by atoms with Crippen LogP contribution in [0.15, 0.2) is 34.3 Å². The molecule has 2 rings (SSSR count). The average molecular weight is 335 g/mol. The van der Waals surface area contributed by atoms with Crippen LogP contribution in [0.4, 0.5) is 18.9 Å². The Kier molecular flexibility index (Phi) is 4.20. The third-order valence-electron chi connectivity index (χ3n) is 3.16. The minimum atomic E-state index is -4.20. The highest BCUT2D eigenvalue weighted by atomic mass is 79.9. The highest BCUT2D eigenvalue weighted by molar-refractivity contribution is 9.10. The van der Waals surface area contributed by atoms with Gasteiger partial charge in [-0.25, -0.2) is 0 Å². The molecule has 1 aliphatic heterocycles. The van der Waals surface area contributed by atoms with Crippen LogP contribution < -0.4 is 10.6 Å². The Bertz CT molecular complexity index is 497. The number of halogens is 4. The Hall–Kier alpha value is -1.01. The van der Waals surface area contributed by atoms with E-state index in [2.05, 4.69) is 15.9 Å². The molecule has 1 heterocycles. The summed E-state index contributed by atoms with van der Waals surface area (Å²) in [5.74, 6) is 0. The lowest BCUT2D eigenvalue weighted by atomic mass is 10.1. The molecule has 0 atom stereocenters. The standard InChI is InChI=1S/C13H14BrF3N2/c14-11-7-9(8-18)1-2-12(11)19-5-3-10(4-6-19)13(15,16)17/h1-3,7H,4-6,8,18H2. The fourth-order valence-corrected chi connectivity index (χ4v) is 2.76. The van der Waals surface area contributed by atoms with Crippen LogP contribution in [0.3, 0.4) is 0 Å². The third-order valence-corrected chi connectivity index (χ3v) is 3.80. The maximum atomic E-state index is 12.5. The van der Waals surface area contributed by atoms with Gasteiger partial charge in [0.15, 0.2) is 0 Å². The van der Waals surface area contributed by atoms with E-state index < -0.39 is 11.7 Å². The van der Waals surface area contributed by atoms with E-state index in [9.17, 15) is 13.2 Å². The molecule has 0 unspecified atom stereocenters. The van der Waals surface area contributed by atoms with E-state index in [4.69, 9.17) is 5.73 Å². The zero-order chi connectivity index (χ0) is 14.0. The zero-order valence-electron chi connectivity index (χ0n) is 10.2. The van der Waals surface area contributed by atoms with Crippen molar-refractivity contribution in [1.29, 1.82) is 0 Å². The fourth-order valence-electron chi connectivity index (χ4n) is 2.08. The van der Waals surface area contributed by atoms with Gasteiger partial charge in [-0.1, -0.05) is 12.1 Å². The van der Waals surface area contributed by atoms with E-state index in [1.807, 2.05) is 23.1 Å². The molecular weight excluding hydrogens is 321 g/mol. The first kappa shape index (κ1) is 14.4. The second-order valence-electron chi connectivity index (χ2n) is 4.41. The highest BCUT2D eigenvalue weighted by Gasteiger charge is 2.34. The number of benzene rings is 1. The van der Waals surface area contributed by atoms with Crippen LogP contribution in [-0.4, -0.2) is 19.3 Å². The van der Waals surface area contributed by atoms with Gasteiger partial charge >= 0.3 is 6.18 Å². The topological polar surface area (TPSA) is 29.3 Å². The molecule has 1 aliphatic rings. The van der Waals surface area contributed by atoms with Crippen LogP contribution in [0.1, 0.15) is 12.0 Å². The summed E-state index contributed by atoms with van der Waals surface area (Å²) in [5, 5.41) is 0. The number of nitrogens with zero attached hydrogens (tertiary/aromatic N) is 1. The zero-order valence-corrected chi connectivity index (χ0v) is 11.8. The predicted octanol–water partition coefficient (Wildman–Crippen LogP) is 3.61. The molecule has 104 valence electrons. The molecular formula is C13H14BrF3N2. The van der Waals surface area contributed by atoms with Crippen LogP contribution >= 0.6 is 15.9 Å². The normalized spacial score (nSPS) is 16.5. The summed E-state index contributed by atoms with van der Waals surface area (Å²) >= 11 is 3.44. The van der Waals surface area contributed by atoms with Gasteiger partial charge in [-0.05, 0) is 40.0 Å². The second-order valence-corrected chi connectivity index (χ2v) is 5.27. The molecule has 2 N–H and O–H groups in total. The van der Waals surface area contributed by atoms with E-state index in [1.54, 1.807) is 0 Å². The van der Waals surface area contributed by atoms with Gasteiger partial charge in [-0.3, -0.25) is 0 Å². The molecule has 2 nitrogen and oxygen atoms in total. The summed E-state index contributed by atoms with van der Waals surface area (Å²) in [5.41, 5.74) is 7.00. The first-order valence-electron chi connectivity index (χ1n) is 5.91. The monoisotopic (exact) mass is 334 g/mol. The van der Waals surface area contributed by atoms with Crippen LogP contribution in [0.2, 0.25) is 0 Å². The molecule has 0 fully saturated rings. The van der Waals surface area contributed by atoms with Crippen molar-refractivity contribution in [2.45, 2.75) is 19.1 Å². The highest BCUT2D eigenvalue weighted by Crippen LogP contribution is 2.34. The Balaban J connectivity index is 2.16. The number of alkyl halides is 3.